The highest BCUT2D eigenvalue weighted by Crippen LogP contribution is 2.33. The van der Waals surface area contributed by atoms with E-state index in [1.165, 1.54) is 31.9 Å². The molecule has 0 unspecified atom stereocenters. The smallest absolute Gasteiger partial charge is 0.303 e. The number of hydrogen-bond acceptors (Lipinski definition) is 5. The predicted molar refractivity (Wildman–Crippen MR) is 103 cm³/mol. The fourth-order valence-electron chi connectivity index (χ4n) is 2.47. The molecule has 0 aliphatic heterocycles. The molecule has 0 atom stereocenters. The van der Waals surface area contributed by atoms with Gasteiger partial charge in [-0.05, 0) is 42.5 Å². The van der Waals surface area contributed by atoms with Gasteiger partial charge in [-0.25, -0.2) is 9.37 Å². The Bertz CT molecular complexity index is 960. The first-order valence-corrected chi connectivity index (χ1v) is 9.29. The molecule has 0 bridgehead atoms. The van der Waals surface area contributed by atoms with Gasteiger partial charge in [0, 0.05) is 23.1 Å². The number of esters is 1. The van der Waals surface area contributed by atoms with E-state index >= 15 is 0 Å². The lowest BCUT2D eigenvalue weighted by atomic mass is 10.1. The van der Waals surface area contributed by atoms with Crippen molar-refractivity contribution in [2.24, 2.45) is 0 Å². The van der Waals surface area contributed by atoms with Crippen LogP contribution >= 0.6 is 23.4 Å². The third-order valence-electron chi connectivity index (χ3n) is 3.75. The van der Waals surface area contributed by atoms with Crippen LogP contribution in [0.3, 0.4) is 0 Å². The molecule has 0 saturated heterocycles. The zero-order valence-electron chi connectivity index (χ0n) is 14.6. The second-order valence-electron chi connectivity index (χ2n) is 5.50. The molecular weight excluding hydrogens is 391 g/mol. The molecule has 0 radical (unpaired) electrons. The van der Waals surface area contributed by atoms with E-state index in [0.717, 1.165) is 10.6 Å². The van der Waals surface area contributed by atoms with Crippen LogP contribution in [0.2, 0.25) is 5.15 Å². The number of ether oxygens (including phenoxy) is 2. The van der Waals surface area contributed by atoms with Gasteiger partial charge in [-0.1, -0.05) is 23.4 Å². The van der Waals surface area contributed by atoms with Crippen molar-refractivity contribution in [2.75, 3.05) is 13.0 Å². The molecule has 0 N–H and O–H groups in total. The van der Waals surface area contributed by atoms with Crippen LogP contribution in [0, 0.1) is 5.82 Å². The highest BCUT2D eigenvalue weighted by molar-refractivity contribution is 7.99. The van der Waals surface area contributed by atoms with Crippen molar-refractivity contribution in [1.82, 2.24) is 9.55 Å². The summed E-state index contributed by atoms with van der Waals surface area (Å²) >= 11 is 7.69. The number of rotatable bonds is 6. The number of hydrogen-bond donors (Lipinski definition) is 0. The Morgan fingerprint density at radius 2 is 2.00 bits per heavy atom. The Morgan fingerprint density at radius 1 is 1.26 bits per heavy atom. The van der Waals surface area contributed by atoms with E-state index in [2.05, 4.69) is 4.98 Å². The fraction of sp³-hybridized carbons (Fsp3) is 0.158. The summed E-state index contributed by atoms with van der Waals surface area (Å²) in [6.45, 7) is 1.37. The Labute approximate surface area is 165 Å². The van der Waals surface area contributed by atoms with Crippen LogP contribution in [0.5, 0.6) is 5.75 Å². The van der Waals surface area contributed by atoms with Crippen molar-refractivity contribution in [3.8, 4) is 22.7 Å². The van der Waals surface area contributed by atoms with Gasteiger partial charge in [0.05, 0.1) is 12.8 Å². The number of thioether (sulfide) groups is 1. The molecule has 5 nitrogen and oxygen atoms in total. The molecule has 0 aliphatic carbocycles. The Kier molecular flexibility index (Phi) is 6.03. The van der Waals surface area contributed by atoms with E-state index in [0.29, 0.717) is 16.4 Å². The molecule has 0 amide bonds. The Hall–Kier alpha value is -2.51. The van der Waals surface area contributed by atoms with Gasteiger partial charge in [0.15, 0.2) is 16.7 Å². The number of nitrogens with zero attached hydrogens (tertiary/aromatic N) is 2. The number of carbonyl (C=O) groups is 1. The minimum Gasteiger partial charge on any atom is -0.494 e. The number of benzene rings is 2. The van der Waals surface area contributed by atoms with E-state index in [-0.39, 0.29) is 17.7 Å². The van der Waals surface area contributed by atoms with Crippen molar-refractivity contribution in [3.05, 3.63) is 59.8 Å². The monoisotopic (exact) mass is 406 g/mol. The van der Waals surface area contributed by atoms with Gasteiger partial charge in [0.2, 0.25) is 0 Å². The maximum atomic E-state index is 13.7. The maximum absolute atomic E-state index is 13.7. The molecule has 0 aliphatic rings. The molecule has 1 aromatic heterocycles. The number of imidazole rings is 1. The molecule has 0 saturated carbocycles. The second-order valence-corrected chi connectivity index (χ2v) is 6.85. The van der Waals surface area contributed by atoms with Gasteiger partial charge in [-0.3, -0.25) is 9.36 Å². The molecule has 1 heterocycles. The van der Waals surface area contributed by atoms with Crippen LogP contribution in [-0.2, 0) is 9.53 Å². The summed E-state index contributed by atoms with van der Waals surface area (Å²) in [5.74, 6) is -0.371. The van der Waals surface area contributed by atoms with Crippen molar-refractivity contribution in [1.29, 1.82) is 0 Å². The van der Waals surface area contributed by atoms with Crippen LogP contribution in [0.4, 0.5) is 4.39 Å². The molecule has 3 aromatic rings. The van der Waals surface area contributed by atoms with Gasteiger partial charge in [-0.15, -0.1) is 0 Å². The molecule has 3 rings (SSSR count). The van der Waals surface area contributed by atoms with Gasteiger partial charge in [0.25, 0.3) is 0 Å². The molecule has 2 aromatic carbocycles. The van der Waals surface area contributed by atoms with Gasteiger partial charge < -0.3 is 9.47 Å². The van der Waals surface area contributed by atoms with Crippen molar-refractivity contribution in [3.63, 3.8) is 0 Å². The average Bonchev–Trinajstić information content (AvgIpc) is 3.04. The number of methoxy groups -OCH3 is 1. The summed E-state index contributed by atoms with van der Waals surface area (Å²) in [6, 6.07) is 12.2. The average molecular weight is 407 g/mol. The van der Waals surface area contributed by atoms with E-state index in [9.17, 15) is 9.18 Å². The topological polar surface area (TPSA) is 53.4 Å². The molecule has 8 heteroatoms. The van der Waals surface area contributed by atoms with Crippen LogP contribution in [-0.4, -0.2) is 28.6 Å². The molecule has 0 spiro atoms. The summed E-state index contributed by atoms with van der Waals surface area (Å²) in [5.41, 5.74) is 2.16. The van der Waals surface area contributed by atoms with Crippen molar-refractivity contribution in [2.45, 2.75) is 11.8 Å². The zero-order valence-corrected chi connectivity index (χ0v) is 16.2. The number of halogens is 2. The van der Waals surface area contributed by atoms with E-state index in [4.69, 9.17) is 21.1 Å². The van der Waals surface area contributed by atoms with Crippen LogP contribution in [0.1, 0.15) is 6.92 Å². The quantitative estimate of drug-likeness (QED) is 0.329. The lowest BCUT2D eigenvalue weighted by Gasteiger charge is -2.11. The normalized spacial score (nSPS) is 10.7. The highest BCUT2D eigenvalue weighted by atomic mass is 35.5. The van der Waals surface area contributed by atoms with E-state index < -0.39 is 5.82 Å². The Balaban J connectivity index is 1.89. The molecule has 140 valence electrons. The van der Waals surface area contributed by atoms with Gasteiger partial charge >= 0.3 is 5.97 Å². The summed E-state index contributed by atoms with van der Waals surface area (Å²) in [7, 11) is 1.41. The summed E-state index contributed by atoms with van der Waals surface area (Å²) in [6.07, 6.45) is 1.61. The lowest BCUT2D eigenvalue weighted by molar-refractivity contribution is -0.138. The van der Waals surface area contributed by atoms with Gasteiger partial charge in [-0.2, -0.15) is 0 Å². The second kappa shape index (κ2) is 8.45. The lowest BCUT2D eigenvalue weighted by Crippen LogP contribution is -1.98. The van der Waals surface area contributed by atoms with Crippen LogP contribution < -0.4 is 4.74 Å². The first kappa shape index (κ1) is 19.3. The minimum atomic E-state index is -0.447. The summed E-state index contributed by atoms with van der Waals surface area (Å²) in [4.78, 5) is 15.9. The fourth-order valence-corrected chi connectivity index (χ4v) is 3.40. The van der Waals surface area contributed by atoms with E-state index in [1.807, 2.05) is 28.8 Å². The van der Waals surface area contributed by atoms with Crippen LogP contribution in [0.25, 0.3) is 16.9 Å². The van der Waals surface area contributed by atoms with Crippen molar-refractivity contribution >= 4 is 29.3 Å². The van der Waals surface area contributed by atoms with Gasteiger partial charge in [0.1, 0.15) is 12.3 Å². The predicted octanol–water partition coefficient (Wildman–Crippen LogP) is 4.95. The van der Waals surface area contributed by atoms with E-state index in [1.54, 1.807) is 18.5 Å². The SMILES string of the molecule is COc1cc(-c2c(Cl)ncn2-c2ccc(SCOC(C)=O)cc2)ccc1F. The standard InChI is InChI=1S/C19H16ClFN2O3S/c1-12(24)26-11-27-15-6-4-14(5-7-15)23-10-22-19(20)18(23)13-3-8-16(21)17(9-13)25-2/h3-10H,11H2,1-2H3. The molecule has 27 heavy (non-hydrogen) atoms. The summed E-state index contributed by atoms with van der Waals surface area (Å²) < 4.78 is 25.5. The first-order valence-electron chi connectivity index (χ1n) is 7.93. The number of aromatic nitrogens is 2. The molecular formula is C19H16ClFN2O3S. The third kappa shape index (κ3) is 4.43. The third-order valence-corrected chi connectivity index (χ3v) is 4.87. The largest absolute Gasteiger partial charge is 0.494 e. The zero-order chi connectivity index (χ0) is 19.4. The minimum absolute atomic E-state index is 0.133. The number of carbonyl (C=O) groups excluding carboxylic acids is 1. The first-order chi connectivity index (χ1) is 13.0. The van der Waals surface area contributed by atoms with Crippen LogP contribution in [0.15, 0.2) is 53.7 Å². The maximum Gasteiger partial charge on any atom is 0.303 e. The Morgan fingerprint density at radius 3 is 2.67 bits per heavy atom. The van der Waals surface area contributed by atoms with Crippen molar-refractivity contribution < 1.29 is 18.7 Å². The highest BCUT2D eigenvalue weighted by Gasteiger charge is 2.15. The molecule has 0 fully saturated rings. The summed E-state index contributed by atoms with van der Waals surface area (Å²) in [5, 5.41) is 0.303.